The van der Waals surface area contributed by atoms with Gasteiger partial charge in [-0.15, -0.1) is 0 Å². The summed E-state index contributed by atoms with van der Waals surface area (Å²) in [5, 5.41) is 12.5. The van der Waals surface area contributed by atoms with E-state index < -0.39 is 5.82 Å². The lowest BCUT2D eigenvalue weighted by Crippen LogP contribution is -2.02. The summed E-state index contributed by atoms with van der Waals surface area (Å²) in [7, 11) is 0. The molecule has 3 nitrogen and oxygen atoms in total. The summed E-state index contributed by atoms with van der Waals surface area (Å²) < 4.78 is 13.2. The first-order valence-electron chi connectivity index (χ1n) is 6.43. The first kappa shape index (κ1) is 14.1. The molecule has 1 N–H and O–H groups in total. The molecule has 0 radical (unpaired) electrons. The summed E-state index contributed by atoms with van der Waals surface area (Å²) in [6, 6.07) is 6.27. The fourth-order valence-corrected chi connectivity index (χ4v) is 2.99. The second-order valence-electron chi connectivity index (χ2n) is 4.83. The Morgan fingerprint density at radius 3 is 2.57 bits per heavy atom. The number of anilines is 2. The second kappa shape index (κ2) is 5.51. The van der Waals surface area contributed by atoms with Crippen molar-refractivity contribution in [3.63, 3.8) is 0 Å². The van der Waals surface area contributed by atoms with Crippen LogP contribution in [0.4, 0.5) is 15.9 Å². The van der Waals surface area contributed by atoms with Crippen LogP contribution in [0.5, 0.6) is 0 Å². The van der Waals surface area contributed by atoms with E-state index in [1.165, 1.54) is 0 Å². The Labute approximate surface area is 131 Å². The third kappa shape index (κ3) is 2.67. The van der Waals surface area contributed by atoms with Crippen molar-refractivity contribution in [2.24, 2.45) is 0 Å². The van der Waals surface area contributed by atoms with Crippen LogP contribution in [0.3, 0.4) is 0 Å². The van der Waals surface area contributed by atoms with Gasteiger partial charge in [-0.25, -0.2) is 9.37 Å². The van der Waals surface area contributed by atoms with Gasteiger partial charge >= 0.3 is 0 Å². The van der Waals surface area contributed by atoms with Crippen LogP contribution in [0.25, 0.3) is 0 Å². The van der Waals surface area contributed by atoms with Crippen LogP contribution in [0.2, 0.25) is 10.0 Å². The Balaban J connectivity index is 2.05. The normalized spacial score (nSPS) is 12.9. The van der Waals surface area contributed by atoms with Gasteiger partial charge in [-0.3, -0.25) is 0 Å². The van der Waals surface area contributed by atoms with Crippen LogP contribution in [0.15, 0.2) is 18.2 Å². The predicted molar refractivity (Wildman–Crippen MR) is 80.7 cm³/mol. The number of rotatable bonds is 2. The van der Waals surface area contributed by atoms with E-state index in [0.717, 1.165) is 42.7 Å². The molecule has 21 heavy (non-hydrogen) atoms. The van der Waals surface area contributed by atoms with Crippen molar-refractivity contribution < 1.29 is 4.39 Å². The van der Waals surface area contributed by atoms with Gasteiger partial charge in [0.15, 0.2) is 0 Å². The van der Waals surface area contributed by atoms with Crippen molar-refractivity contribution in [2.45, 2.75) is 19.3 Å². The lowest BCUT2D eigenvalue weighted by Gasteiger charge is -2.12. The van der Waals surface area contributed by atoms with Crippen molar-refractivity contribution in [2.75, 3.05) is 5.32 Å². The topological polar surface area (TPSA) is 48.7 Å². The molecule has 0 saturated heterocycles. The molecule has 1 heterocycles. The van der Waals surface area contributed by atoms with Crippen LogP contribution >= 0.6 is 23.2 Å². The molecular formula is C15H10Cl2FN3. The number of fused-ring (bicyclic) bond motifs is 1. The zero-order valence-electron chi connectivity index (χ0n) is 10.9. The molecule has 0 atom stereocenters. The molecule has 0 saturated carbocycles. The summed E-state index contributed by atoms with van der Waals surface area (Å²) in [6.07, 6.45) is 2.87. The van der Waals surface area contributed by atoms with Gasteiger partial charge in [-0.05, 0) is 43.0 Å². The molecule has 0 bridgehead atoms. The molecular weight excluding hydrogens is 312 g/mol. The fraction of sp³-hybridized carbons (Fsp3) is 0.200. The number of halogens is 3. The zero-order valence-corrected chi connectivity index (χ0v) is 12.4. The van der Waals surface area contributed by atoms with E-state index in [-0.39, 0.29) is 10.0 Å². The van der Waals surface area contributed by atoms with Crippen molar-refractivity contribution in [1.82, 2.24) is 4.98 Å². The highest BCUT2D eigenvalue weighted by atomic mass is 35.5. The van der Waals surface area contributed by atoms with Gasteiger partial charge in [0, 0.05) is 5.69 Å². The van der Waals surface area contributed by atoms with Crippen LogP contribution in [0.1, 0.15) is 23.2 Å². The maximum atomic E-state index is 13.2. The molecule has 1 aliphatic rings. The van der Waals surface area contributed by atoms with Gasteiger partial charge in [0.05, 0.1) is 21.3 Å². The second-order valence-corrected chi connectivity index (χ2v) is 5.64. The number of nitriles is 1. The molecule has 2 aromatic rings. The minimum atomic E-state index is -0.516. The first-order chi connectivity index (χ1) is 10.1. The van der Waals surface area contributed by atoms with E-state index in [9.17, 15) is 9.65 Å². The number of aromatic nitrogens is 1. The van der Waals surface area contributed by atoms with Gasteiger partial charge in [-0.1, -0.05) is 23.2 Å². The number of nitrogens with one attached hydrogen (secondary N) is 1. The van der Waals surface area contributed by atoms with Crippen LogP contribution in [-0.2, 0) is 12.8 Å². The van der Waals surface area contributed by atoms with Crippen molar-refractivity contribution >= 4 is 34.7 Å². The fourth-order valence-electron chi connectivity index (χ4n) is 2.43. The molecule has 6 heteroatoms. The maximum Gasteiger partial charge on any atom is 0.148 e. The van der Waals surface area contributed by atoms with E-state index in [4.69, 9.17) is 23.2 Å². The highest BCUT2D eigenvalue weighted by molar-refractivity contribution is 6.39. The molecule has 0 unspecified atom stereocenters. The van der Waals surface area contributed by atoms with Crippen molar-refractivity contribution in [3.05, 3.63) is 50.9 Å². The van der Waals surface area contributed by atoms with E-state index in [0.29, 0.717) is 17.1 Å². The molecule has 0 amide bonds. The summed E-state index contributed by atoms with van der Waals surface area (Å²) in [5.41, 5.74) is 2.85. The largest absolute Gasteiger partial charge is 0.337 e. The summed E-state index contributed by atoms with van der Waals surface area (Å²) in [6.45, 7) is 0. The minimum Gasteiger partial charge on any atom is -0.337 e. The number of aryl methyl sites for hydroxylation is 2. The molecule has 0 fully saturated rings. The smallest absolute Gasteiger partial charge is 0.148 e. The van der Waals surface area contributed by atoms with Crippen LogP contribution < -0.4 is 5.32 Å². The van der Waals surface area contributed by atoms with Gasteiger partial charge in [0.1, 0.15) is 17.7 Å². The van der Waals surface area contributed by atoms with Crippen LogP contribution in [0, 0.1) is 17.1 Å². The number of pyridine rings is 1. The van der Waals surface area contributed by atoms with Gasteiger partial charge in [0.2, 0.25) is 0 Å². The lowest BCUT2D eigenvalue weighted by atomic mass is 10.1. The van der Waals surface area contributed by atoms with Gasteiger partial charge < -0.3 is 5.32 Å². The third-order valence-corrected chi connectivity index (χ3v) is 4.02. The zero-order chi connectivity index (χ0) is 15.0. The maximum absolute atomic E-state index is 13.2. The molecule has 1 aromatic heterocycles. The van der Waals surface area contributed by atoms with E-state index in [1.807, 2.05) is 6.07 Å². The van der Waals surface area contributed by atoms with E-state index in [2.05, 4.69) is 16.4 Å². The first-order valence-corrected chi connectivity index (χ1v) is 7.18. The highest BCUT2D eigenvalue weighted by Gasteiger charge is 2.18. The monoisotopic (exact) mass is 321 g/mol. The SMILES string of the molecule is N#Cc1cc2c(nc1Nc1c(Cl)cc(F)cc1Cl)CCC2. The third-order valence-electron chi connectivity index (χ3n) is 3.42. The van der Waals surface area contributed by atoms with Crippen molar-refractivity contribution in [3.8, 4) is 6.07 Å². The summed E-state index contributed by atoms with van der Waals surface area (Å²) in [5.74, 6) is -0.119. The number of hydrogen-bond donors (Lipinski definition) is 1. The van der Waals surface area contributed by atoms with Gasteiger partial charge in [-0.2, -0.15) is 5.26 Å². The average molecular weight is 322 g/mol. The Kier molecular flexibility index (Phi) is 3.71. The summed E-state index contributed by atoms with van der Waals surface area (Å²) >= 11 is 12.0. The molecule has 0 spiro atoms. The van der Waals surface area contributed by atoms with Crippen molar-refractivity contribution in [1.29, 1.82) is 5.26 Å². The number of hydrogen-bond acceptors (Lipinski definition) is 3. The lowest BCUT2D eigenvalue weighted by molar-refractivity contribution is 0.628. The quantitative estimate of drug-likeness (QED) is 0.877. The Bertz CT molecular complexity index is 745. The number of nitrogens with zero attached hydrogens (tertiary/aromatic N) is 2. The number of benzene rings is 1. The van der Waals surface area contributed by atoms with Crippen LogP contribution in [-0.4, -0.2) is 4.98 Å². The molecule has 0 aliphatic heterocycles. The van der Waals surface area contributed by atoms with E-state index in [1.54, 1.807) is 0 Å². The highest BCUT2D eigenvalue weighted by Crippen LogP contribution is 2.35. The minimum absolute atomic E-state index is 0.145. The standard InChI is InChI=1S/C15H10Cl2FN3/c16-11-5-10(18)6-12(17)14(11)21-15-9(7-19)4-8-2-1-3-13(8)20-15/h4-6H,1-3H2,(H,20,21). The molecule has 1 aliphatic carbocycles. The average Bonchev–Trinajstić information content (AvgIpc) is 2.88. The Morgan fingerprint density at radius 2 is 1.90 bits per heavy atom. The molecule has 1 aromatic carbocycles. The Morgan fingerprint density at radius 1 is 1.19 bits per heavy atom. The molecule has 106 valence electrons. The van der Waals surface area contributed by atoms with E-state index >= 15 is 0 Å². The van der Waals surface area contributed by atoms with Gasteiger partial charge in [0.25, 0.3) is 0 Å². The molecule has 3 rings (SSSR count). The Hall–Kier alpha value is -1.83. The summed E-state index contributed by atoms with van der Waals surface area (Å²) in [4.78, 5) is 4.48. The predicted octanol–water partition coefficient (Wildman–Crippen LogP) is 4.63.